The largest absolute Gasteiger partial charge is 0.294 e. The molecule has 0 bridgehead atoms. The molecule has 1 nitrogen and oxygen atoms in total. The molecule has 1 aromatic heterocycles. The van der Waals surface area contributed by atoms with Crippen molar-refractivity contribution in [3.8, 4) is 0 Å². The van der Waals surface area contributed by atoms with Gasteiger partial charge in [-0.2, -0.15) is 0 Å². The van der Waals surface area contributed by atoms with Gasteiger partial charge in [0.1, 0.15) is 0 Å². The Morgan fingerprint density at radius 1 is 1.22 bits per heavy atom. The van der Waals surface area contributed by atoms with Crippen LogP contribution in [0.4, 0.5) is 0 Å². The monoisotopic (exact) mass is 256 g/mol. The van der Waals surface area contributed by atoms with E-state index in [1.807, 2.05) is 18.4 Å². The maximum Gasteiger partial charge on any atom is 0.167 e. The van der Waals surface area contributed by atoms with Crippen LogP contribution in [0.5, 0.6) is 0 Å². The van der Waals surface area contributed by atoms with Crippen molar-refractivity contribution in [3.05, 3.63) is 57.3 Å². The first kappa shape index (κ1) is 11.7. The number of ketones is 1. The average Bonchev–Trinajstić information content (AvgIpc) is 2.83. The zero-order chi connectivity index (χ0) is 12.5. The lowest BCUT2D eigenvalue weighted by Gasteiger charge is -2.23. The summed E-state index contributed by atoms with van der Waals surface area (Å²) >= 11 is 1.66. The molecule has 0 fully saturated rings. The summed E-state index contributed by atoms with van der Waals surface area (Å²) in [5.74, 6) is 0.511. The van der Waals surface area contributed by atoms with Gasteiger partial charge >= 0.3 is 0 Å². The first-order chi connectivity index (χ1) is 8.75. The van der Waals surface area contributed by atoms with E-state index >= 15 is 0 Å². The molecule has 0 saturated heterocycles. The van der Waals surface area contributed by atoms with Gasteiger partial charge in [0, 0.05) is 16.4 Å². The van der Waals surface area contributed by atoms with Crippen molar-refractivity contribution in [2.75, 3.05) is 0 Å². The fourth-order valence-electron chi connectivity index (χ4n) is 2.78. The predicted octanol–water partition coefficient (Wildman–Crippen LogP) is 4.04. The van der Waals surface area contributed by atoms with E-state index in [4.69, 9.17) is 0 Å². The fourth-order valence-corrected chi connectivity index (χ4v) is 3.49. The maximum atomic E-state index is 12.5. The summed E-state index contributed by atoms with van der Waals surface area (Å²) in [5.41, 5.74) is 3.71. The molecule has 1 aliphatic rings. The topological polar surface area (TPSA) is 17.1 Å². The predicted molar refractivity (Wildman–Crippen MR) is 75.3 cm³/mol. The summed E-state index contributed by atoms with van der Waals surface area (Å²) in [6.45, 7) is 2.04. The van der Waals surface area contributed by atoms with Crippen LogP contribution in [-0.2, 0) is 12.8 Å². The van der Waals surface area contributed by atoms with Crippen LogP contribution >= 0.6 is 11.3 Å². The average molecular weight is 256 g/mol. The van der Waals surface area contributed by atoms with E-state index in [0.29, 0.717) is 5.78 Å². The number of carbonyl (C=O) groups excluding carboxylic acids is 1. The minimum atomic E-state index is 0.174. The van der Waals surface area contributed by atoms with Crippen molar-refractivity contribution in [1.29, 1.82) is 0 Å². The number of Topliss-reactive ketones (excluding diaryl/α,β-unsaturated/α-hetero) is 1. The van der Waals surface area contributed by atoms with E-state index in [9.17, 15) is 4.79 Å². The molecule has 92 valence electrons. The highest BCUT2D eigenvalue weighted by Gasteiger charge is 2.26. The molecule has 1 unspecified atom stereocenters. The Hall–Kier alpha value is -1.41. The van der Waals surface area contributed by atoms with Crippen LogP contribution in [0, 0.1) is 12.8 Å². The second-order valence-electron chi connectivity index (χ2n) is 4.96. The number of benzene rings is 1. The van der Waals surface area contributed by atoms with E-state index in [-0.39, 0.29) is 5.92 Å². The third kappa shape index (κ3) is 2.01. The zero-order valence-electron chi connectivity index (χ0n) is 10.5. The lowest BCUT2D eigenvalue weighted by atomic mass is 9.80. The van der Waals surface area contributed by atoms with Crippen LogP contribution in [0.2, 0.25) is 0 Å². The van der Waals surface area contributed by atoms with Gasteiger partial charge in [-0.05, 0) is 48.8 Å². The molecule has 1 aliphatic carbocycles. The maximum absolute atomic E-state index is 12.5. The quantitative estimate of drug-likeness (QED) is 0.741. The van der Waals surface area contributed by atoms with Crippen LogP contribution in [0.25, 0.3) is 0 Å². The van der Waals surface area contributed by atoms with Crippen LogP contribution in [0.15, 0.2) is 35.7 Å². The highest BCUT2D eigenvalue weighted by molar-refractivity contribution is 7.10. The molecule has 1 aromatic carbocycles. The van der Waals surface area contributed by atoms with Crippen molar-refractivity contribution in [1.82, 2.24) is 0 Å². The normalized spacial score (nSPS) is 18.4. The van der Waals surface area contributed by atoms with Crippen molar-refractivity contribution >= 4 is 17.1 Å². The number of rotatable bonds is 2. The molecule has 0 radical (unpaired) electrons. The van der Waals surface area contributed by atoms with Gasteiger partial charge in [-0.3, -0.25) is 4.79 Å². The first-order valence-electron chi connectivity index (χ1n) is 6.41. The van der Waals surface area contributed by atoms with Gasteiger partial charge in [-0.15, -0.1) is 11.3 Å². The molecule has 1 atom stereocenters. The number of hydrogen-bond acceptors (Lipinski definition) is 2. The molecule has 2 heteroatoms. The van der Waals surface area contributed by atoms with Crippen molar-refractivity contribution in [3.63, 3.8) is 0 Å². The van der Waals surface area contributed by atoms with Crippen molar-refractivity contribution < 1.29 is 4.79 Å². The zero-order valence-corrected chi connectivity index (χ0v) is 11.3. The first-order valence-corrected chi connectivity index (χ1v) is 7.29. The second-order valence-corrected chi connectivity index (χ2v) is 6.08. The number of thiophene rings is 1. The summed E-state index contributed by atoms with van der Waals surface area (Å²) in [7, 11) is 0. The number of aryl methyl sites for hydroxylation is 2. The third-order valence-electron chi connectivity index (χ3n) is 3.84. The highest BCUT2D eigenvalue weighted by atomic mass is 32.1. The van der Waals surface area contributed by atoms with E-state index in [1.54, 1.807) is 11.3 Å². The van der Waals surface area contributed by atoms with Gasteiger partial charge < -0.3 is 0 Å². The number of fused-ring (bicyclic) bond motifs is 1. The Balaban J connectivity index is 1.84. The molecule has 0 amide bonds. The smallest absolute Gasteiger partial charge is 0.167 e. The summed E-state index contributed by atoms with van der Waals surface area (Å²) < 4.78 is 0. The van der Waals surface area contributed by atoms with Crippen molar-refractivity contribution in [2.24, 2.45) is 5.92 Å². The second kappa shape index (κ2) is 4.69. The van der Waals surface area contributed by atoms with Gasteiger partial charge in [-0.25, -0.2) is 0 Å². The summed E-state index contributed by atoms with van der Waals surface area (Å²) in [5, 5.41) is 2.01. The fraction of sp³-hybridized carbons (Fsp3) is 0.312. The molecule has 18 heavy (non-hydrogen) atoms. The SMILES string of the molecule is Cc1sccc1C(=O)C1CCc2ccccc2C1. The van der Waals surface area contributed by atoms with Crippen LogP contribution < -0.4 is 0 Å². The molecule has 0 saturated carbocycles. The van der Waals surface area contributed by atoms with Crippen molar-refractivity contribution in [2.45, 2.75) is 26.2 Å². The lowest BCUT2D eigenvalue weighted by molar-refractivity contribution is 0.0908. The van der Waals surface area contributed by atoms with E-state index in [1.165, 1.54) is 11.1 Å². The molecular formula is C16H16OS. The Morgan fingerprint density at radius 3 is 2.72 bits per heavy atom. The minimum absolute atomic E-state index is 0.174. The molecule has 0 spiro atoms. The van der Waals surface area contributed by atoms with Gasteiger partial charge in [-0.1, -0.05) is 24.3 Å². The van der Waals surface area contributed by atoms with E-state index < -0.39 is 0 Å². The summed E-state index contributed by atoms with van der Waals surface area (Å²) in [6, 6.07) is 10.5. The van der Waals surface area contributed by atoms with Crippen LogP contribution in [0.3, 0.4) is 0 Å². The molecular weight excluding hydrogens is 240 g/mol. The molecule has 0 N–H and O–H groups in total. The molecule has 1 heterocycles. The number of hydrogen-bond donors (Lipinski definition) is 0. The van der Waals surface area contributed by atoms with Crippen LogP contribution in [-0.4, -0.2) is 5.78 Å². The van der Waals surface area contributed by atoms with Gasteiger partial charge in [0.15, 0.2) is 5.78 Å². The molecule has 0 aliphatic heterocycles. The van der Waals surface area contributed by atoms with E-state index in [0.717, 1.165) is 29.7 Å². The Morgan fingerprint density at radius 2 is 2.00 bits per heavy atom. The Kier molecular flexibility index (Phi) is 3.04. The summed E-state index contributed by atoms with van der Waals surface area (Å²) in [4.78, 5) is 13.6. The van der Waals surface area contributed by atoms with Gasteiger partial charge in [0.2, 0.25) is 0 Å². The van der Waals surface area contributed by atoms with Gasteiger partial charge in [0.25, 0.3) is 0 Å². The third-order valence-corrected chi connectivity index (χ3v) is 4.69. The molecule has 3 rings (SSSR count). The Bertz CT molecular complexity index is 582. The summed E-state index contributed by atoms with van der Waals surface area (Å²) in [6.07, 6.45) is 2.94. The molecule has 2 aromatic rings. The minimum Gasteiger partial charge on any atom is -0.294 e. The van der Waals surface area contributed by atoms with Gasteiger partial charge in [0.05, 0.1) is 0 Å². The number of carbonyl (C=O) groups is 1. The standard InChI is InChI=1S/C16H16OS/c1-11-15(8-9-18-11)16(17)14-7-6-12-4-2-3-5-13(12)10-14/h2-5,8-9,14H,6-7,10H2,1H3. The Labute approximate surface area is 111 Å². The van der Waals surface area contributed by atoms with E-state index in [2.05, 4.69) is 24.3 Å². The lowest BCUT2D eigenvalue weighted by Crippen LogP contribution is -2.22. The van der Waals surface area contributed by atoms with Crippen LogP contribution in [0.1, 0.15) is 32.8 Å². The highest BCUT2D eigenvalue weighted by Crippen LogP contribution is 2.29.